The van der Waals surface area contributed by atoms with Crippen LogP contribution in [0.15, 0.2) is 0 Å². The normalized spacial score (nSPS) is 10.4. The number of ether oxygens (including phenoxy) is 1. The van der Waals surface area contributed by atoms with Crippen LogP contribution in [0.5, 0.6) is 0 Å². The maximum absolute atomic E-state index is 5.11. The number of hydrogen-bond acceptors (Lipinski definition) is 5. The van der Waals surface area contributed by atoms with Gasteiger partial charge in [0.25, 0.3) is 0 Å². The molecule has 68 valence electrons. The Morgan fingerprint density at radius 1 is 0.818 bits per heavy atom. The van der Waals surface area contributed by atoms with E-state index in [0.717, 1.165) is 0 Å². The molecule has 0 saturated heterocycles. The van der Waals surface area contributed by atoms with Gasteiger partial charge in [0.15, 0.2) is 0 Å². The first-order valence-corrected chi connectivity index (χ1v) is 3.56. The van der Waals surface area contributed by atoms with Crippen LogP contribution in [-0.4, -0.2) is 40.5 Å². The standard InChI is InChI=1S/C6H16N2O3/c1-7-10-5-3-9-4-6-11-8-2/h7-8H,3-6H2,1-2H3. The van der Waals surface area contributed by atoms with E-state index in [2.05, 4.69) is 11.0 Å². The highest BCUT2D eigenvalue weighted by molar-refractivity contribution is 4.28. The summed E-state index contributed by atoms with van der Waals surface area (Å²) in [7, 11) is 3.42. The lowest BCUT2D eigenvalue weighted by molar-refractivity contribution is -0.0260. The first-order valence-electron chi connectivity index (χ1n) is 3.56. The minimum Gasteiger partial charge on any atom is -0.377 e. The van der Waals surface area contributed by atoms with Crippen molar-refractivity contribution >= 4 is 0 Å². The van der Waals surface area contributed by atoms with E-state index in [-0.39, 0.29) is 0 Å². The maximum atomic E-state index is 5.11. The zero-order valence-electron chi connectivity index (χ0n) is 7.05. The number of nitrogens with one attached hydrogen (secondary N) is 2. The Bertz CT molecular complexity index is 64.8. The fourth-order valence-corrected chi connectivity index (χ4v) is 0.507. The second-order valence-corrected chi connectivity index (χ2v) is 1.72. The van der Waals surface area contributed by atoms with Crippen molar-refractivity contribution in [3.05, 3.63) is 0 Å². The number of rotatable bonds is 8. The number of hydrogen-bond donors (Lipinski definition) is 2. The Hall–Kier alpha value is -0.200. The van der Waals surface area contributed by atoms with Crippen LogP contribution in [0.4, 0.5) is 0 Å². The second-order valence-electron chi connectivity index (χ2n) is 1.72. The van der Waals surface area contributed by atoms with Gasteiger partial charge in [-0.05, 0) is 0 Å². The molecule has 5 heteroatoms. The Labute approximate surface area is 66.9 Å². The summed E-state index contributed by atoms with van der Waals surface area (Å²) in [5.41, 5.74) is 5.09. The van der Waals surface area contributed by atoms with Crippen molar-refractivity contribution < 1.29 is 14.4 Å². The molecule has 0 aliphatic rings. The summed E-state index contributed by atoms with van der Waals surface area (Å²) < 4.78 is 5.11. The van der Waals surface area contributed by atoms with E-state index in [1.807, 2.05) is 0 Å². The van der Waals surface area contributed by atoms with Gasteiger partial charge in [0.05, 0.1) is 26.4 Å². The topological polar surface area (TPSA) is 51.8 Å². The minimum atomic E-state index is 0.552. The molecule has 0 aromatic rings. The molecule has 0 aromatic carbocycles. The molecule has 0 unspecified atom stereocenters. The van der Waals surface area contributed by atoms with Crippen molar-refractivity contribution in [3.8, 4) is 0 Å². The predicted octanol–water partition coefficient (Wildman–Crippen LogP) is -0.695. The van der Waals surface area contributed by atoms with Crippen LogP contribution in [0.2, 0.25) is 0 Å². The molecule has 0 spiro atoms. The minimum absolute atomic E-state index is 0.552. The van der Waals surface area contributed by atoms with Crippen molar-refractivity contribution in [2.75, 3.05) is 40.5 Å². The Balaban J connectivity index is 2.69. The van der Waals surface area contributed by atoms with Crippen molar-refractivity contribution in [2.24, 2.45) is 0 Å². The molecule has 0 fully saturated rings. The van der Waals surface area contributed by atoms with Gasteiger partial charge >= 0.3 is 0 Å². The molecule has 0 aliphatic carbocycles. The average molecular weight is 164 g/mol. The van der Waals surface area contributed by atoms with Crippen LogP contribution in [0.3, 0.4) is 0 Å². The Morgan fingerprint density at radius 2 is 1.27 bits per heavy atom. The van der Waals surface area contributed by atoms with Gasteiger partial charge in [-0.1, -0.05) is 0 Å². The molecule has 0 aliphatic heterocycles. The largest absolute Gasteiger partial charge is 0.377 e. The summed E-state index contributed by atoms with van der Waals surface area (Å²) in [6.45, 7) is 2.26. The van der Waals surface area contributed by atoms with Crippen LogP contribution >= 0.6 is 0 Å². The molecule has 0 rings (SSSR count). The molecule has 2 N–H and O–H groups in total. The van der Waals surface area contributed by atoms with Crippen LogP contribution in [0, 0.1) is 0 Å². The van der Waals surface area contributed by atoms with Crippen LogP contribution < -0.4 is 11.0 Å². The summed E-state index contributed by atoms with van der Waals surface area (Å²) in [5, 5.41) is 0. The molecular weight excluding hydrogens is 148 g/mol. The van der Waals surface area contributed by atoms with Gasteiger partial charge in [0.2, 0.25) is 0 Å². The lowest BCUT2D eigenvalue weighted by atomic mass is 10.7. The summed E-state index contributed by atoms with van der Waals surface area (Å²) >= 11 is 0. The molecule has 0 atom stereocenters. The first kappa shape index (κ1) is 10.8. The van der Waals surface area contributed by atoms with Gasteiger partial charge in [-0.25, -0.2) is 11.0 Å². The highest BCUT2D eigenvalue weighted by Crippen LogP contribution is 1.75. The SMILES string of the molecule is CNOCCOCCONC. The fourth-order valence-electron chi connectivity index (χ4n) is 0.507. The van der Waals surface area contributed by atoms with Gasteiger partial charge in [-0.3, -0.25) is 9.68 Å². The van der Waals surface area contributed by atoms with Crippen LogP contribution in [-0.2, 0) is 14.4 Å². The average Bonchev–Trinajstić information content (AvgIpc) is 2.03. The van der Waals surface area contributed by atoms with E-state index in [1.54, 1.807) is 14.1 Å². The summed E-state index contributed by atoms with van der Waals surface area (Å²) in [4.78, 5) is 9.62. The predicted molar refractivity (Wildman–Crippen MR) is 40.8 cm³/mol. The monoisotopic (exact) mass is 164 g/mol. The lowest BCUT2D eigenvalue weighted by Crippen LogP contribution is -2.16. The van der Waals surface area contributed by atoms with Crippen molar-refractivity contribution in [1.29, 1.82) is 0 Å². The van der Waals surface area contributed by atoms with Gasteiger partial charge in [0, 0.05) is 14.1 Å². The smallest absolute Gasteiger partial charge is 0.0915 e. The van der Waals surface area contributed by atoms with E-state index < -0.39 is 0 Å². The van der Waals surface area contributed by atoms with E-state index >= 15 is 0 Å². The van der Waals surface area contributed by atoms with Gasteiger partial charge in [0.1, 0.15) is 0 Å². The fraction of sp³-hybridized carbons (Fsp3) is 1.00. The molecule has 0 radical (unpaired) electrons. The van der Waals surface area contributed by atoms with Gasteiger partial charge < -0.3 is 4.74 Å². The highest BCUT2D eigenvalue weighted by atomic mass is 16.7. The zero-order valence-corrected chi connectivity index (χ0v) is 7.05. The van der Waals surface area contributed by atoms with Crippen molar-refractivity contribution in [2.45, 2.75) is 0 Å². The molecule has 0 bridgehead atoms. The number of hydroxylamine groups is 2. The third kappa shape index (κ3) is 9.80. The highest BCUT2D eigenvalue weighted by Gasteiger charge is 1.87. The molecule has 0 amide bonds. The Morgan fingerprint density at radius 3 is 1.64 bits per heavy atom. The lowest BCUT2D eigenvalue weighted by Gasteiger charge is -2.03. The third-order valence-electron chi connectivity index (χ3n) is 0.948. The van der Waals surface area contributed by atoms with Crippen LogP contribution in [0.1, 0.15) is 0 Å². The molecule has 5 nitrogen and oxygen atoms in total. The van der Waals surface area contributed by atoms with Crippen molar-refractivity contribution in [3.63, 3.8) is 0 Å². The van der Waals surface area contributed by atoms with E-state index in [0.29, 0.717) is 26.4 Å². The van der Waals surface area contributed by atoms with Crippen molar-refractivity contribution in [1.82, 2.24) is 11.0 Å². The summed E-state index contributed by atoms with van der Waals surface area (Å²) in [5.74, 6) is 0. The first-order chi connectivity index (χ1) is 5.41. The molecule has 0 saturated carbocycles. The van der Waals surface area contributed by atoms with E-state index in [4.69, 9.17) is 14.4 Å². The zero-order chi connectivity index (χ0) is 8.36. The van der Waals surface area contributed by atoms with E-state index in [9.17, 15) is 0 Å². The molecule has 0 heterocycles. The van der Waals surface area contributed by atoms with E-state index in [1.165, 1.54) is 0 Å². The third-order valence-corrected chi connectivity index (χ3v) is 0.948. The van der Waals surface area contributed by atoms with Gasteiger partial charge in [-0.15, -0.1) is 0 Å². The summed E-state index contributed by atoms with van der Waals surface area (Å²) in [6, 6.07) is 0. The Kier molecular flexibility index (Phi) is 9.62. The molecule has 11 heavy (non-hydrogen) atoms. The quantitative estimate of drug-likeness (QED) is 0.367. The maximum Gasteiger partial charge on any atom is 0.0915 e. The summed E-state index contributed by atoms with van der Waals surface area (Å²) in [6.07, 6.45) is 0. The molecule has 0 aromatic heterocycles. The van der Waals surface area contributed by atoms with Crippen LogP contribution in [0.25, 0.3) is 0 Å². The van der Waals surface area contributed by atoms with Gasteiger partial charge in [-0.2, -0.15) is 0 Å². The second kappa shape index (κ2) is 9.80. The molecular formula is C6H16N2O3.